The lowest BCUT2D eigenvalue weighted by atomic mass is 10.2. The lowest BCUT2D eigenvalue weighted by molar-refractivity contribution is 0.648. The second-order valence-electron chi connectivity index (χ2n) is 5.31. The average Bonchev–Trinajstić information content (AvgIpc) is 3.16. The highest BCUT2D eigenvalue weighted by atomic mass is 79.9. The zero-order valence-electron chi connectivity index (χ0n) is 12.4. The summed E-state index contributed by atoms with van der Waals surface area (Å²) in [6, 6.07) is 8.16. The number of hydrogen-bond donors (Lipinski definition) is 0. The molecule has 6 nitrogen and oxygen atoms in total. The van der Waals surface area contributed by atoms with Crippen LogP contribution < -0.4 is 0 Å². The van der Waals surface area contributed by atoms with Crippen molar-refractivity contribution < 1.29 is 0 Å². The van der Waals surface area contributed by atoms with Crippen molar-refractivity contribution >= 4 is 27.0 Å². The van der Waals surface area contributed by atoms with Crippen LogP contribution in [0.15, 0.2) is 53.5 Å². The van der Waals surface area contributed by atoms with Gasteiger partial charge in [0, 0.05) is 35.7 Å². The molecule has 3 aromatic heterocycles. The van der Waals surface area contributed by atoms with E-state index in [1.807, 2.05) is 37.8 Å². The molecule has 0 radical (unpaired) electrons. The average molecular weight is 369 g/mol. The first-order valence-corrected chi connectivity index (χ1v) is 7.90. The maximum Gasteiger partial charge on any atom is 0.142 e. The van der Waals surface area contributed by atoms with E-state index < -0.39 is 0 Å². The highest BCUT2D eigenvalue weighted by Gasteiger charge is 2.11. The molecule has 0 spiro atoms. The number of halogens is 1. The van der Waals surface area contributed by atoms with Crippen molar-refractivity contribution in [3.05, 3.63) is 59.1 Å². The molecule has 0 bridgehead atoms. The van der Waals surface area contributed by atoms with Gasteiger partial charge >= 0.3 is 0 Å². The van der Waals surface area contributed by atoms with E-state index in [1.165, 1.54) is 0 Å². The molecule has 0 amide bonds. The van der Waals surface area contributed by atoms with Gasteiger partial charge in [0.05, 0.1) is 23.8 Å². The topological polar surface area (TPSA) is 61.4 Å². The Morgan fingerprint density at radius 3 is 2.91 bits per heavy atom. The Kier molecular flexibility index (Phi) is 3.42. The molecule has 0 aliphatic heterocycles. The van der Waals surface area contributed by atoms with Crippen LogP contribution in [0.25, 0.3) is 22.4 Å². The third-order valence-electron chi connectivity index (χ3n) is 3.71. The molecule has 114 valence electrons. The maximum atomic E-state index is 4.73. The van der Waals surface area contributed by atoms with Gasteiger partial charge in [-0.2, -0.15) is 0 Å². The van der Waals surface area contributed by atoms with E-state index in [9.17, 15) is 0 Å². The van der Waals surface area contributed by atoms with E-state index >= 15 is 0 Å². The van der Waals surface area contributed by atoms with Crippen LogP contribution in [0, 0.1) is 0 Å². The van der Waals surface area contributed by atoms with Crippen molar-refractivity contribution in [2.75, 3.05) is 0 Å². The lowest BCUT2D eigenvalue weighted by Gasteiger charge is -2.05. The monoisotopic (exact) mass is 368 g/mol. The highest BCUT2D eigenvalue weighted by molar-refractivity contribution is 9.10. The molecule has 1 aromatic carbocycles. The van der Waals surface area contributed by atoms with Crippen LogP contribution in [0.4, 0.5) is 0 Å². The largest absolute Gasteiger partial charge is 0.327 e. The number of aryl methyl sites for hydroxylation is 1. The van der Waals surface area contributed by atoms with Crippen molar-refractivity contribution in [2.24, 2.45) is 7.05 Å². The molecule has 0 saturated heterocycles. The zero-order valence-corrected chi connectivity index (χ0v) is 14.0. The molecule has 4 rings (SSSR count). The predicted molar refractivity (Wildman–Crippen MR) is 90.8 cm³/mol. The van der Waals surface area contributed by atoms with Crippen LogP contribution in [0.2, 0.25) is 0 Å². The van der Waals surface area contributed by atoms with Crippen LogP contribution in [-0.4, -0.2) is 29.5 Å². The van der Waals surface area contributed by atoms with Gasteiger partial charge in [-0.1, -0.05) is 21.1 Å². The van der Waals surface area contributed by atoms with E-state index in [4.69, 9.17) is 4.98 Å². The summed E-state index contributed by atoms with van der Waals surface area (Å²) in [5, 5.41) is 7.81. The van der Waals surface area contributed by atoms with Gasteiger partial charge in [0.15, 0.2) is 0 Å². The van der Waals surface area contributed by atoms with Gasteiger partial charge in [-0.3, -0.25) is 4.98 Å². The minimum atomic E-state index is 0.635. The van der Waals surface area contributed by atoms with Gasteiger partial charge in [-0.15, -0.1) is 5.10 Å². The number of aromatic nitrogens is 6. The Balaban J connectivity index is 1.77. The van der Waals surface area contributed by atoms with Gasteiger partial charge in [-0.25, -0.2) is 9.67 Å². The molecule has 0 N–H and O–H groups in total. The van der Waals surface area contributed by atoms with Crippen molar-refractivity contribution in [2.45, 2.75) is 6.54 Å². The molecule has 0 atom stereocenters. The molecular weight excluding hydrogens is 356 g/mol. The molecule has 0 fully saturated rings. The quantitative estimate of drug-likeness (QED) is 0.557. The fourth-order valence-corrected chi connectivity index (χ4v) is 2.97. The minimum absolute atomic E-state index is 0.635. The summed E-state index contributed by atoms with van der Waals surface area (Å²) in [7, 11) is 2.02. The fourth-order valence-electron chi connectivity index (χ4n) is 2.62. The summed E-state index contributed by atoms with van der Waals surface area (Å²) in [6.45, 7) is 0.635. The van der Waals surface area contributed by atoms with Gasteiger partial charge in [-0.05, 0) is 29.8 Å². The summed E-state index contributed by atoms with van der Waals surface area (Å²) in [5.74, 6) is 0.894. The van der Waals surface area contributed by atoms with Crippen LogP contribution in [0.1, 0.15) is 5.56 Å². The smallest absolute Gasteiger partial charge is 0.142 e. The first-order chi connectivity index (χ1) is 11.2. The molecule has 7 heteroatoms. The zero-order chi connectivity index (χ0) is 15.8. The SMILES string of the molecule is Cn1c(-c2cncc(Cn3ccnn3)c2)nc2ccc(Br)cc21. The first kappa shape index (κ1) is 14.1. The fraction of sp³-hybridized carbons (Fsp3) is 0.125. The van der Waals surface area contributed by atoms with Crippen molar-refractivity contribution in [3.8, 4) is 11.4 Å². The molecule has 3 heterocycles. The summed E-state index contributed by atoms with van der Waals surface area (Å²) in [5.41, 5.74) is 4.09. The number of imidazole rings is 1. The van der Waals surface area contributed by atoms with Crippen LogP contribution >= 0.6 is 15.9 Å². The second kappa shape index (κ2) is 5.58. The summed E-state index contributed by atoms with van der Waals surface area (Å²) >= 11 is 3.51. The van der Waals surface area contributed by atoms with Gasteiger partial charge < -0.3 is 4.57 Å². The molecule has 0 aliphatic rings. The minimum Gasteiger partial charge on any atom is -0.327 e. The standard InChI is InChI=1S/C16H13BrN6/c1-22-15-7-13(17)2-3-14(15)20-16(22)12-6-11(8-18-9-12)10-23-5-4-19-21-23/h2-9H,10H2,1H3. The van der Waals surface area contributed by atoms with Crippen LogP contribution in [-0.2, 0) is 13.6 Å². The summed E-state index contributed by atoms with van der Waals surface area (Å²) in [6.07, 6.45) is 7.17. The Hall–Kier alpha value is -2.54. The summed E-state index contributed by atoms with van der Waals surface area (Å²) in [4.78, 5) is 9.08. The van der Waals surface area contributed by atoms with Crippen molar-refractivity contribution in [3.63, 3.8) is 0 Å². The van der Waals surface area contributed by atoms with E-state index in [2.05, 4.69) is 47.9 Å². The Labute approximate surface area is 140 Å². The van der Waals surface area contributed by atoms with Gasteiger partial charge in [0.2, 0.25) is 0 Å². The van der Waals surface area contributed by atoms with E-state index in [-0.39, 0.29) is 0 Å². The second-order valence-corrected chi connectivity index (χ2v) is 6.23. The first-order valence-electron chi connectivity index (χ1n) is 7.11. The predicted octanol–water partition coefficient (Wildman–Crippen LogP) is 3.04. The summed E-state index contributed by atoms with van der Waals surface area (Å²) < 4.78 is 4.89. The van der Waals surface area contributed by atoms with Gasteiger partial charge in [0.1, 0.15) is 5.82 Å². The number of rotatable bonds is 3. The van der Waals surface area contributed by atoms with Crippen molar-refractivity contribution in [1.29, 1.82) is 0 Å². The van der Waals surface area contributed by atoms with Crippen LogP contribution in [0.5, 0.6) is 0 Å². The van der Waals surface area contributed by atoms with Crippen LogP contribution in [0.3, 0.4) is 0 Å². The van der Waals surface area contributed by atoms with Crippen molar-refractivity contribution in [1.82, 2.24) is 29.5 Å². The third kappa shape index (κ3) is 2.63. The van der Waals surface area contributed by atoms with Gasteiger partial charge in [0.25, 0.3) is 0 Å². The number of hydrogen-bond acceptors (Lipinski definition) is 4. The van der Waals surface area contributed by atoms with E-state index in [1.54, 1.807) is 10.9 Å². The maximum absolute atomic E-state index is 4.73. The number of benzene rings is 1. The van der Waals surface area contributed by atoms with E-state index in [0.717, 1.165) is 32.5 Å². The molecule has 0 unspecified atom stereocenters. The number of fused-ring (bicyclic) bond motifs is 1. The molecule has 0 aliphatic carbocycles. The molecule has 23 heavy (non-hydrogen) atoms. The Morgan fingerprint density at radius 2 is 2.09 bits per heavy atom. The number of pyridine rings is 1. The lowest BCUT2D eigenvalue weighted by Crippen LogP contribution is -2.02. The highest BCUT2D eigenvalue weighted by Crippen LogP contribution is 2.26. The Bertz CT molecular complexity index is 974. The molecule has 0 saturated carbocycles. The normalized spacial score (nSPS) is 11.2. The Morgan fingerprint density at radius 1 is 1.17 bits per heavy atom. The third-order valence-corrected chi connectivity index (χ3v) is 4.21. The number of nitrogens with zero attached hydrogens (tertiary/aromatic N) is 6. The molecule has 4 aromatic rings. The molecular formula is C16H13BrN6. The van der Waals surface area contributed by atoms with E-state index in [0.29, 0.717) is 6.54 Å².